The highest BCUT2D eigenvalue weighted by Crippen LogP contribution is 2.16. The molecule has 2 atom stereocenters. The zero-order valence-electron chi connectivity index (χ0n) is 12.4. The molecule has 0 aliphatic carbocycles. The largest absolute Gasteiger partial charge is 0.463 e. The second-order valence-corrected chi connectivity index (χ2v) is 5.13. The topological polar surface area (TPSA) is 66.8 Å². The molecule has 4 heteroatoms. The lowest BCUT2D eigenvalue weighted by molar-refractivity contribution is -0.152. The number of hydrogen-bond acceptors (Lipinski definition) is 4. The molecule has 0 radical (unpaired) electrons. The fraction of sp³-hybridized carbons (Fsp3) is 0.933. The van der Waals surface area contributed by atoms with Gasteiger partial charge in [0.25, 0.3) is 0 Å². The van der Waals surface area contributed by atoms with Gasteiger partial charge in [0.05, 0.1) is 12.5 Å². The van der Waals surface area contributed by atoms with Crippen LogP contribution in [0.4, 0.5) is 0 Å². The van der Waals surface area contributed by atoms with Crippen molar-refractivity contribution in [2.24, 2.45) is 5.92 Å². The molecule has 0 bridgehead atoms. The van der Waals surface area contributed by atoms with E-state index >= 15 is 0 Å². The van der Waals surface area contributed by atoms with Crippen LogP contribution in [0.25, 0.3) is 0 Å². The molecule has 0 aromatic carbocycles. The van der Waals surface area contributed by atoms with Crippen LogP contribution in [-0.2, 0) is 9.53 Å². The summed E-state index contributed by atoms with van der Waals surface area (Å²) in [6.07, 6.45) is 7.94. The minimum absolute atomic E-state index is 0.0722. The summed E-state index contributed by atoms with van der Waals surface area (Å²) in [5.74, 6) is -0.319. The maximum Gasteiger partial charge on any atom is 0.309 e. The van der Waals surface area contributed by atoms with E-state index in [1.165, 1.54) is 32.1 Å². The molecule has 19 heavy (non-hydrogen) atoms. The Morgan fingerprint density at radius 3 is 2.32 bits per heavy atom. The summed E-state index contributed by atoms with van der Waals surface area (Å²) >= 11 is 0. The zero-order valence-corrected chi connectivity index (χ0v) is 12.4. The maximum absolute atomic E-state index is 11.7. The van der Waals surface area contributed by atoms with Crippen molar-refractivity contribution in [2.45, 2.75) is 71.3 Å². The van der Waals surface area contributed by atoms with Crippen LogP contribution in [0, 0.1) is 5.92 Å². The van der Waals surface area contributed by atoms with Gasteiger partial charge in [0.15, 0.2) is 0 Å². The second-order valence-electron chi connectivity index (χ2n) is 5.13. The Kier molecular flexibility index (Phi) is 12.0. The highest BCUT2D eigenvalue weighted by Gasteiger charge is 2.18. The number of unbranched alkanes of at least 4 members (excludes halogenated alkanes) is 5. The SMILES string of the molecule is CCCCCCCCC(CC)C(=O)OCC(O)CO. The van der Waals surface area contributed by atoms with Gasteiger partial charge in [0.1, 0.15) is 12.7 Å². The van der Waals surface area contributed by atoms with E-state index in [0.717, 1.165) is 19.3 Å². The van der Waals surface area contributed by atoms with E-state index < -0.39 is 6.10 Å². The lowest BCUT2D eigenvalue weighted by atomic mass is 9.98. The van der Waals surface area contributed by atoms with Crippen LogP contribution in [0.5, 0.6) is 0 Å². The molecule has 0 spiro atoms. The van der Waals surface area contributed by atoms with Crippen molar-refractivity contribution < 1.29 is 19.7 Å². The lowest BCUT2D eigenvalue weighted by Gasteiger charge is -2.15. The first kappa shape index (κ1) is 18.4. The summed E-state index contributed by atoms with van der Waals surface area (Å²) in [6, 6.07) is 0. The molecule has 114 valence electrons. The number of carbonyl (C=O) groups is 1. The van der Waals surface area contributed by atoms with E-state index in [1.807, 2.05) is 6.92 Å². The first-order valence-electron chi connectivity index (χ1n) is 7.61. The highest BCUT2D eigenvalue weighted by molar-refractivity contribution is 5.72. The number of ether oxygens (including phenoxy) is 1. The van der Waals surface area contributed by atoms with Gasteiger partial charge in [-0.2, -0.15) is 0 Å². The molecule has 2 N–H and O–H groups in total. The van der Waals surface area contributed by atoms with E-state index in [0.29, 0.717) is 0 Å². The number of carbonyl (C=O) groups excluding carboxylic acids is 1. The van der Waals surface area contributed by atoms with Crippen molar-refractivity contribution in [3.63, 3.8) is 0 Å². The molecular weight excluding hydrogens is 244 g/mol. The van der Waals surface area contributed by atoms with Crippen LogP contribution in [0.2, 0.25) is 0 Å². The van der Waals surface area contributed by atoms with E-state index in [-0.39, 0.29) is 25.1 Å². The normalized spacial score (nSPS) is 14.1. The molecule has 0 amide bonds. The van der Waals surface area contributed by atoms with Gasteiger partial charge >= 0.3 is 5.97 Å². The number of aliphatic hydroxyl groups excluding tert-OH is 2. The Hall–Kier alpha value is -0.610. The Bertz CT molecular complexity index is 218. The predicted molar refractivity (Wildman–Crippen MR) is 75.8 cm³/mol. The predicted octanol–water partition coefficient (Wildman–Crippen LogP) is 2.66. The first-order valence-corrected chi connectivity index (χ1v) is 7.61. The van der Waals surface area contributed by atoms with E-state index in [4.69, 9.17) is 14.9 Å². The average Bonchev–Trinajstić information content (AvgIpc) is 2.43. The van der Waals surface area contributed by atoms with E-state index in [2.05, 4.69) is 6.92 Å². The van der Waals surface area contributed by atoms with Gasteiger partial charge in [0, 0.05) is 0 Å². The fourth-order valence-corrected chi connectivity index (χ4v) is 2.01. The fourth-order valence-electron chi connectivity index (χ4n) is 2.01. The Labute approximate surface area is 117 Å². The third kappa shape index (κ3) is 9.91. The molecule has 2 unspecified atom stereocenters. The summed E-state index contributed by atoms with van der Waals surface area (Å²) in [5.41, 5.74) is 0. The van der Waals surface area contributed by atoms with Crippen LogP contribution >= 0.6 is 0 Å². The van der Waals surface area contributed by atoms with Crippen molar-refractivity contribution in [1.29, 1.82) is 0 Å². The molecule has 0 aliphatic rings. The summed E-state index contributed by atoms with van der Waals surface area (Å²) in [6.45, 7) is 3.69. The van der Waals surface area contributed by atoms with Crippen molar-refractivity contribution >= 4 is 5.97 Å². The molecular formula is C15H30O4. The van der Waals surface area contributed by atoms with Gasteiger partial charge in [-0.05, 0) is 12.8 Å². The number of rotatable bonds is 12. The van der Waals surface area contributed by atoms with Crippen LogP contribution in [0.1, 0.15) is 65.2 Å². The zero-order chi connectivity index (χ0) is 14.5. The molecule has 0 heterocycles. The van der Waals surface area contributed by atoms with Crippen LogP contribution < -0.4 is 0 Å². The van der Waals surface area contributed by atoms with E-state index in [9.17, 15) is 4.79 Å². The summed E-state index contributed by atoms with van der Waals surface area (Å²) in [4.78, 5) is 11.7. The quantitative estimate of drug-likeness (QED) is 0.424. The minimum Gasteiger partial charge on any atom is -0.463 e. The molecule has 0 saturated carbocycles. The first-order chi connectivity index (χ1) is 9.15. The molecule has 0 fully saturated rings. The number of esters is 1. The van der Waals surface area contributed by atoms with Crippen molar-refractivity contribution in [2.75, 3.05) is 13.2 Å². The van der Waals surface area contributed by atoms with Crippen molar-refractivity contribution in [1.82, 2.24) is 0 Å². The van der Waals surface area contributed by atoms with Gasteiger partial charge in [0.2, 0.25) is 0 Å². The molecule has 0 aromatic rings. The molecule has 0 saturated heterocycles. The Morgan fingerprint density at radius 1 is 1.11 bits per heavy atom. The van der Waals surface area contributed by atoms with Crippen LogP contribution in [-0.4, -0.2) is 35.5 Å². The lowest BCUT2D eigenvalue weighted by Crippen LogP contribution is -2.25. The van der Waals surface area contributed by atoms with E-state index in [1.54, 1.807) is 0 Å². The third-order valence-electron chi connectivity index (χ3n) is 3.36. The minimum atomic E-state index is -0.963. The Morgan fingerprint density at radius 2 is 1.74 bits per heavy atom. The Balaban J connectivity index is 3.71. The molecule has 4 nitrogen and oxygen atoms in total. The van der Waals surface area contributed by atoms with Gasteiger partial charge in [-0.15, -0.1) is 0 Å². The number of hydrogen-bond donors (Lipinski definition) is 2. The van der Waals surface area contributed by atoms with Gasteiger partial charge in [-0.1, -0.05) is 52.4 Å². The highest BCUT2D eigenvalue weighted by atomic mass is 16.5. The van der Waals surface area contributed by atoms with Gasteiger partial charge in [-0.3, -0.25) is 4.79 Å². The van der Waals surface area contributed by atoms with Crippen LogP contribution in [0.3, 0.4) is 0 Å². The monoisotopic (exact) mass is 274 g/mol. The molecule has 0 aliphatic heterocycles. The van der Waals surface area contributed by atoms with Gasteiger partial charge < -0.3 is 14.9 Å². The maximum atomic E-state index is 11.7. The number of aliphatic hydroxyl groups is 2. The average molecular weight is 274 g/mol. The molecule has 0 rings (SSSR count). The van der Waals surface area contributed by atoms with Crippen molar-refractivity contribution in [3.05, 3.63) is 0 Å². The standard InChI is InChI=1S/C15H30O4/c1-3-5-6-7-8-9-10-13(4-2)15(18)19-12-14(17)11-16/h13-14,16-17H,3-12H2,1-2H3. The third-order valence-corrected chi connectivity index (χ3v) is 3.36. The molecule has 0 aromatic heterocycles. The smallest absolute Gasteiger partial charge is 0.309 e. The van der Waals surface area contributed by atoms with Crippen LogP contribution in [0.15, 0.2) is 0 Å². The van der Waals surface area contributed by atoms with Gasteiger partial charge in [-0.25, -0.2) is 0 Å². The summed E-state index contributed by atoms with van der Waals surface area (Å²) in [7, 11) is 0. The van der Waals surface area contributed by atoms with Crippen molar-refractivity contribution in [3.8, 4) is 0 Å². The summed E-state index contributed by atoms with van der Waals surface area (Å²) < 4.78 is 4.99. The summed E-state index contributed by atoms with van der Waals surface area (Å²) in [5, 5.41) is 17.8. The second kappa shape index (κ2) is 12.4.